The van der Waals surface area contributed by atoms with Gasteiger partial charge in [-0.15, -0.1) is 11.3 Å². The molecule has 1 heterocycles. The van der Waals surface area contributed by atoms with Crippen molar-refractivity contribution in [1.82, 2.24) is 0 Å². The van der Waals surface area contributed by atoms with E-state index in [9.17, 15) is 0 Å². The van der Waals surface area contributed by atoms with Crippen LogP contribution in [0.3, 0.4) is 0 Å². The van der Waals surface area contributed by atoms with Crippen molar-refractivity contribution in [3.8, 4) is 12.1 Å². The lowest BCUT2D eigenvalue weighted by molar-refractivity contribution is 1.10. The first-order valence-corrected chi connectivity index (χ1v) is 6.28. The summed E-state index contributed by atoms with van der Waals surface area (Å²) in [5.74, 6) is 0.375. The van der Waals surface area contributed by atoms with E-state index in [0.717, 1.165) is 9.75 Å². The summed E-state index contributed by atoms with van der Waals surface area (Å²) in [6.07, 6.45) is 14.1. The van der Waals surface area contributed by atoms with Crippen LogP contribution in [0.15, 0.2) is 48.1 Å². The number of hydrogen-bond acceptors (Lipinski definition) is 3. The third kappa shape index (κ3) is 3.07. The van der Waals surface area contributed by atoms with Crippen LogP contribution in [0, 0.1) is 28.6 Å². The first kappa shape index (κ1) is 12.1. The summed E-state index contributed by atoms with van der Waals surface area (Å²) in [5.41, 5.74) is 0.133. The molecule has 1 aromatic heterocycles. The van der Waals surface area contributed by atoms with E-state index in [1.165, 1.54) is 0 Å². The van der Waals surface area contributed by atoms with Gasteiger partial charge in [0.15, 0.2) is 0 Å². The molecule has 3 heteroatoms. The molecular weight excluding hydrogens is 240 g/mol. The summed E-state index contributed by atoms with van der Waals surface area (Å²) in [6, 6.07) is 7.62. The molecule has 18 heavy (non-hydrogen) atoms. The van der Waals surface area contributed by atoms with Gasteiger partial charge < -0.3 is 0 Å². The molecule has 1 aromatic rings. The minimum atomic E-state index is 0.133. The van der Waals surface area contributed by atoms with E-state index in [0.29, 0.717) is 5.92 Å². The second-order valence-corrected chi connectivity index (χ2v) is 4.87. The van der Waals surface area contributed by atoms with E-state index >= 15 is 0 Å². The number of hydrogen-bond donors (Lipinski definition) is 0. The monoisotopic (exact) mass is 250 g/mol. The summed E-state index contributed by atoms with van der Waals surface area (Å²) < 4.78 is 0. The van der Waals surface area contributed by atoms with Gasteiger partial charge >= 0.3 is 0 Å². The maximum Gasteiger partial charge on any atom is 0.131 e. The minimum absolute atomic E-state index is 0.133. The Labute approximate surface area is 110 Å². The number of nitriles is 2. The molecule has 0 saturated carbocycles. The van der Waals surface area contributed by atoms with Gasteiger partial charge in [-0.1, -0.05) is 30.4 Å². The van der Waals surface area contributed by atoms with Gasteiger partial charge in [-0.05, 0) is 24.3 Å². The minimum Gasteiger partial charge on any atom is -0.192 e. The van der Waals surface area contributed by atoms with Gasteiger partial charge in [0.25, 0.3) is 0 Å². The second-order valence-electron chi connectivity index (χ2n) is 3.73. The van der Waals surface area contributed by atoms with E-state index in [1.54, 1.807) is 17.4 Å². The Morgan fingerprint density at radius 2 is 1.78 bits per heavy atom. The highest BCUT2D eigenvalue weighted by molar-refractivity contribution is 7.13. The van der Waals surface area contributed by atoms with Crippen LogP contribution < -0.4 is 0 Å². The Balaban J connectivity index is 2.10. The zero-order chi connectivity index (χ0) is 12.8. The van der Waals surface area contributed by atoms with Crippen LogP contribution >= 0.6 is 11.3 Å². The van der Waals surface area contributed by atoms with Crippen molar-refractivity contribution in [2.24, 2.45) is 5.92 Å². The normalized spacial score (nSPS) is 13.7. The first-order chi connectivity index (χ1) is 8.81. The molecule has 0 radical (unpaired) electrons. The van der Waals surface area contributed by atoms with Crippen molar-refractivity contribution < 1.29 is 0 Å². The maximum absolute atomic E-state index is 8.68. The molecule has 0 aromatic carbocycles. The van der Waals surface area contributed by atoms with Crippen molar-refractivity contribution in [3.05, 3.63) is 57.8 Å². The van der Waals surface area contributed by atoms with Crippen molar-refractivity contribution in [3.63, 3.8) is 0 Å². The van der Waals surface area contributed by atoms with Gasteiger partial charge in [0, 0.05) is 15.7 Å². The van der Waals surface area contributed by atoms with Crippen LogP contribution in [0.4, 0.5) is 0 Å². The predicted octanol–water partition coefficient (Wildman–Crippen LogP) is 3.93. The summed E-state index contributed by atoms with van der Waals surface area (Å²) in [5, 5.41) is 17.4. The molecule has 86 valence electrons. The molecule has 2 rings (SSSR count). The molecule has 1 aliphatic rings. The lowest BCUT2D eigenvalue weighted by atomic mass is 10.1. The predicted molar refractivity (Wildman–Crippen MR) is 74.3 cm³/mol. The molecule has 0 amide bonds. The molecule has 1 aliphatic carbocycles. The molecule has 0 saturated heterocycles. The van der Waals surface area contributed by atoms with Gasteiger partial charge in [-0.3, -0.25) is 0 Å². The van der Waals surface area contributed by atoms with Crippen LogP contribution in [0.1, 0.15) is 9.75 Å². The van der Waals surface area contributed by atoms with Gasteiger partial charge in [0.05, 0.1) is 0 Å². The standard InChI is InChI=1S/C15H10N2S/c16-10-13(11-17)9-15-8-7-14(18-15)6-5-12-3-1-2-4-12/h1-9,12H/b6-5+. The fourth-order valence-corrected chi connectivity index (χ4v) is 2.42. The zero-order valence-corrected chi connectivity index (χ0v) is 10.4. The van der Waals surface area contributed by atoms with Crippen LogP contribution in [-0.4, -0.2) is 0 Å². The quantitative estimate of drug-likeness (QED) is 0.763. The summed E-state index contributed by atoms with van der Waals surface area (Å²) in [6.45, 7) is 0. The SMILES string of the molecule is N#CC(C#N)=Cc1ccc(/C=C/C2C=CC=C2)s1. The van der Waals surface area contributed by atoms with E-state index in [4.69, 9.17) is 10.5 Å². The van der Waals surface area contributed by atoms with Crippen LogP contribution in [0.2, 0.25) is 0 Å². The highest BCUT2D eigenvalue weighted by Crippen LogP contribution is 2.22. The van der Waals surface area contributed by atoms with Crippen molar-refractivity contribution in [1.29, 1.82) is 10.5 Å². The van der Waals surface area contributed by atoms with Crippen LogP contribution in [-0.2, 0) is 0 Å². The fraction of sp³-hybridized carbons (Fsp3) is 0.0667. The van der Waals surface area contributed by atoms with Crippen molar-refractivity contribution in [2.45, 2.75) is 0 Å². The fourth-order valence-electron chi connectivity index (χ4n) is 1.55. The van der Waals surface area contributed by atoms with Gasteiger partial charge in [0.2, 0.25) is 0 Å². The molecular formula is C15H10N2S. The molecule has 0 bridgehead atoms. The van der Waals surface area contributed by atoms with Crippen molar-refractivity contribution >= 4 is 23.5 Å². The Hall–Kier alpha value is -2.36. The average Bonchev–Trinajstić information content (AvgIpc) is 3.05. The zero-order valence-electron chi connectivity index (χ0n) is 9.58. The third-order valence-corrected chi connectivity index (χ3v) is 3.43. The molecule has 2 nitrogen and oxygen atoms in total. The number of rotatable bonds is 3. The third-order valence-electron chi connectivity index (χ3n) is 2.44. The molecule has 0 N–H and O–H groups in total. The molecule has 0 spiro atoms. The van der Waals surface area contributed by atoms with Gasteiger partial charge in [0.1, 0.15) is 17.7 Å². The van der Waals surface area contributed by atoms with E-state index in [-0.39, 0.29) is 5.57 Å². The van der Waals surface area contributed by atoms with E-state index in [2.05, 4.69) is 24.3 Å². The number of thiophene rings is 1. The first-order valence-electron chi connectivity index (χ1n) is 5.47. The lowest BCUT2D eigenvalue weighted by Gasteiger charge is -1.93. The summed E-state index contributed by atoms with van der Waals surface area (Å²) >= 11 is 1.56. The average molecular weight is 250 g/mol. The van der Waals surface area contributed by atoms with Crippen molar-refractivity contribution in [2.75, 3.05) is 0 Å². The van der Waals surface area contributed by atoms with Gasteiger partial charge in [-0.25, -0.2) is 0 Å². The Kier molecular flexibility index (Phi) is 3.91. The largest absolute Gasteiger partial charge is 0.192 e. The second kappa shape index (κ2) is 5.82. The highest BCUT2D eigenvalue weighted by atomic mass is 32.1. The Morgan fingerprint density at radius 3 is 2.44 bits per heavy atom. The lowest BCUT2D eigenvalue weighted by Crippen LogP contribution is -1.78. The summed E-state index contributed by atoms with van der Waals surface area (Å²) in [7, 11) is 0. The van der Waals surface area contributed by atoms with Crippen LogP contribution in [0.5, 0.6) is 0 Å². The van der Waals surface area contributed by atoms with E-state index < -0.39 is 0 Å². The molecule has 0 atom stereocenters. The smallest absolute Gasteiger partial charge is 0.131 e. The molecule has 0 fully saturated rings. The maximum atomic E-state index is 8.68. The van der Waals surface area contributed by atoms with Gasteiger partial charge in [-0.2, -0.15) is 10.5 Å². The Bertz CT molecular complexity index is 602. The summed E-state index contributed by atoms with van der Waals surface area (Å²) in [4.78, 5) is 2.04. The topological polar surface area (TPSA) is 47.6 Å². The van der Waals surface area contributed by atoms with Crippen LogP contribution in [0.25, 0.3) is 12.2 Å². The highest BCUT2D eigenvalue weighted by Gasteiger charge is 2.00. The number of allylic oxidation sites excluding steroid dienone is 6. The molecule has 0 aliphatic heterocycles. The molecule has 0 unspecified atom stereocenters. The van der Waals surface area contributed by atoms with E-state index in [1.807, 2.05) is 36.4 Å². The number of nitrogens with zero attached hydrogens (tertiary/aromatic N) is 2. The Morgan fingerprint density at radius 1 is 1.11 bits per heavy atom.